The largest absolute Gasteiger partial charge is 0.416 e. The van der Waals surface area contributed by atoms with Crippen LogP contribution in [0, 0.1) is 11.3 Å². The molecular formula is C23H22F3N5S. The van der Waals surface area contributed by atoms with E-state index in [-0.39, 0.29) is 12.1 Å². The summed E-state index contributed by atoms with van der Waals surface area (Å²) >= 11 is 5.35. The van der Waals surface area contributed by atoms with Gasteiger partial charge >= 0.3 is 6.18 Å². The van der Waals surface area contributed by atoms with Gasteiger partial charge in [0, 0.05) is 45.0 Å². The number of aromatic nitrogens is 2. The average Bonchev–Trinajstić information content (AvgIpc) is 3.23. The third-order valence-electron chi connectivity index (χ3n) is 5.06. The maximum absolute atomic E-state index is 13.4. The van der Waals surface area contributed by atoms with Crippen molar-refractivity contribution in [3.8, 4) is 6.07 Å². The summed E-state index contributed by atoms with van der Waals surface area (Å²) in [4.78, 5) is 5.94. The van der Waals surface area contributed by atoms with Crippen molar-refractivity contribution in [2.24, 2.45) is 0 Å². The minimum Gasteiger partial charge on any atom is -0.366 e. The lowest BCUT2D eigenvalue weighted by Crippen LogP contribution is -2.39. The average molecular weight is 458 g/mol. The molecule has 1 aromatic heterocycles. The molecule has 1 heterocycles. The molecular weight excluding hydrogens is 435 g/mol. The molecule has 0 fully saturated rings. The maximum atomic E-state index is 13.4. The molecule has 0 aliphatic heterocycles. The van der Waals surface area contributed by atoms with Gasteiger partial charge in [-0.3, -0.25) is 0 Å². The van der Waals surface area contributed by atoms with Crippen molar-refractivity contribution < 1.29 is 13.2 Å². The fourth-order valence-electron chi connectivity index (χ4n) is 3.38. The van der Waals surface area contributed by atoms with Crippen LogP contribution in [0.5, 0.6) is 0 Å². The molecule has 0 atom stereocenters. The fourth-order valence-corrected chi connectivity index (χ4v) is 3.54. The molecule has 0 saturated heterocycles. The van der Waals surface area contributed by atoms with Gasteiger partial charge in [0.05, 0.1) is 23.5 Å². The molecule has 0 radical (unpaired) electrons. The second-order valence-corrected chi connectivity index (χ2v) is 7.59. The molecule has 32 heavy (non-hydrogen) atoms. The van der Waals surface area contributed by atoms with Crippen LogP contribution in [0.25, 0.3) is 0 Å². The summed E-state index contributed by atoms with van der Waals surface area (Å²) in [6, 6.07) is 14.9. The molecule has 0 aliphatic rings. The quantitative estimate of drug-likeness (QED) is 0.534. The molecule has 9 heteroatoms. The van der Waals surface area contributed by atoms with E-state index in [0.29, 0.717) is 30.2 Å². The van der Waals surface area contributed by atoms with Crippen LogP contribution in [0.15, 0.2) is 61.1 Å². The predicted octanol–water partition coefficient (Wildman–Crippen LogP) is 4.37. The zero-order valence-electron chi connectivity index (χ0n) is 17.4. The smallest absolute Gasteiger partial charge is 0.366 e. The number of benzene rings is 2. The molecule has 0 aliphatic carbocycles. The summed E-state index contributed by atoms with van der Waals surface area (Å²) in [6.07, 6.45) is -0.420. The van der Waals surface area contributed by atoms with Crippen molar-refractivity contribution in [3.05, 3.63) is 89.0 Å². The molecule has 3 aromatic rings. The Morgan fingerprint density at radius 3 is 2.56 bits per heavy atom. The topological polar surface area (TPSA) is 56.9 Å². The van der Waals surface area contributed by atoms with Gasteiger partial charge in [0.1, 0.15) is 0 Å². The highest BCUT2D eigenvalue weighted by Crippen LogP contribution is 2.32. The van der Waals surface area contributed by atoms with Crippen LogP contribution in [0.3, 0.4) is 0 Å². The van der Waals surface area contributed by atoms with Gasteiger partial charge in [0.15, 0.2) is 5.11 Å². The summed E-state index contributed by atoms with van der Waals surface area (Å²) in [5, 5.41) is 12.2. The number of imidazole rings is 1. The van der Waals surface area contributed by atoms with Crippen molar-refractivity contribution in [2.75, 3.05) is 13.6 Å². The Kier molecular flexibility index (Phi) is 7.49. The third-order valence-corrected chi connectivity index (χ3v) is 5.52. The van der Waals surface area contributed by atoms with Crippen LogP contribution in [0.2, 0.25) is 0 Å². The lowest BCUT2D eigenvalue weighted by Gasteiger charge is -2.26. The molecule has 0 spiro atoms. The van der Waals surface area contributed by atoms with E-state index in [9.17, 15) is 13.2 Å². The Morgan fingerprint density at radius 1 is 1.19 bits per heavy atom. The number of nitrogens with one attached hydrogen (secondary N) is 1. The molecule has 0 saturated carbocycles. The van der Waals surface area contributed by atoms with Crippen molar-refractivity contribution in [3.63, 3.8) is 0 Å². The van der Waals surface area contributed by atoms with Gasteiger partial charge in [0.25, 0.3) is 0 Å². The Labute approximate surface area is 190 Å². The molecule has 0 bridgehead atoms. The van der Waals surface area contributed by atoms with E-state index in [1.54, 1.807) is 42.7 Å². The number of alkyl halides is 3. The summed E-state index contributed by atoms with van der Waals surface area (Å²) < 4.78 is 42.2. The van der Waals surface area contributed by atoms with Crippen LogP contribution in [-0.4, -0.2) is 33.2 Å². The number of nitrogens with zero attached hydrogens (tertiary/aromatic N) is 4. The first-order valence-electron chi connectivity index (χ1n) is 9.91. The second kappa shape index (κ2) is 10.3. The van der Waals surface area contributed by atoms with E-state index in [0.717, 1.165) is 17.3 Å². The summed E-state index contributed by atoms with van der Waals surface area (Å²) in [6.45, 7) is 1.04. The molecule has 5 nitrogen and oxygen atoms in total. The van der Waals surface area contributed by atoms with Crippen LogP contribution in [0.1, 0.15) is 27.9 Å². The van der Waals surface area contributed by atoms with Crippen molar-refractivity contribution in [2.45, 2.75) is 25.7 Å². The summed E-state index contributed by atoms with van der Waals surface area (Å²) in [5.41, 5.74) is 2.06. The lowest BCUT2D eigenvalue weighted by molar-refractivity contribution is -0.138. The molecule has 2 aromatic carbocycles. The van der Waals surface area contributed by atoms with Crippen LogP contribution >= 0.6 is 12.2 Å². The zero-order valence-corrected chi connectivity index (χ0v) is 18.2. The fraction of sp³-hybridized carbons (Fsp3) is 0.261. The van der Waals surface area contributed by atoms with Gasteiger partial charge in [0.2, 0.25) is 0 Å². The van der Waals surface area contributed by atoms with Crippen LogP contribution in [-0.2, 0) is 25.7 Å². The van der Waals surface area contributed by atoms with Crippen molar-refractivity contribution >= 4 is 17.3 Å². The number of halogens is 3. The van der Waals surface area contributed by atoms with Gasteiger partial charge in [-0.25, -0.2) is 4.98 Å². The maximum Gasteiger partial charge on any atom is 0.416 e. The number of rotatable bonds is 7. The Morgan fingerprint density at radius 2 is 1.91 bits per heavy atom. The Hall–Kier alpha value is -3.38. The van der Waals surface area contributed by atoms with E-state index in [1.807, 2.05) is 16.7 Å². The monoisotopic (exact) mass is 457 g/mol. The lowest BCUT2D eigenvalue weighted by atomic mass is 10.1. The number of thiocarbonyl (C=S) groups is 1. The van der Waals surface area contributed by atoms with Gasteiger partial charge in [-0.2, -0.15) is 18.4 Å². The SMILES string of the molecule is CNC(=S)N(CCc1cncn1Cc1ccc(C#N)cc1)Cc1ccccc1C(F)(F)F. The summed E-state index contributed by atoms with van der Waals surface area (Å²) in [7, 11) is 1.65. The van der Waals surface area contributed by atoms with E-state index in [1.165, 1.54) is 12.1 Å². The van der Waals surface area contributed by atoms with E-state index >= 15 is 0 Å². The van der Waals surface area contributed by atoms with Gasteiger partial charge in [-0.1, -0.05) is 30.3 Å². The van der Waals surface area contributed by atoms with Gasteiger partial charge < -0.3 is 14.8 Å². The highest BCUT2D eigenvalue weighted by molar-refractivity contribution is 7.80. The summed E-state index contributed by atoms with van der Waals surface area (Å²) in [5.74, 6) is 0. The minimum atomic E-state index is -4.43. The molecule has 166 valence electrons. The standard InChI is InChI=1S/C23H22F3N5S/c1-28-22(32)30(15-19-4-2-3-5-21(19)23(24,25)26)11-10-20-13-29-16-31(20)14-18-8-6-17(12-27)7-9-18/h2-9,13,16H,10-11,14-15H2,1H3,(H,28,32). The molecule has 0 unspecified atom stereocenters. The Balaban J connectivity index is 1.73. The van der Waals surface area contributed by atoms with Crippen molar-refractivity contribution in [1.82, 2.24) is 19.8 Å². The van der Waals surface area contributed by atoms with Gasteiger partial charge in [-0.05, 0) is 41.5 Å². The zero-order chi connectivity index (χ0) is 23.1. The molecule has 3 rings (SSSR count). The number of hydrogen-bond acceptors (Lipinski definition) is 3. The predicted molar refractivity (Wildman–Crippen MR) is 120 cm³/mol. The Bertz CT molecular complexity index is 1100. The first-order valence-corrected chi connectivity index (χ1v) is 10.3. The molecule has 1 N–H and O–H groups in total. The van der Waals surface area contributed by atoms with E-state index < -0.39 is 11.7 Å². The number of nitriles is 1. The first-order chi connectivity index (χ1) is 15.3. The first kappa shape index (κ1) is 23.3. The van der Waals surface area contributed by atoms with E-state index in [2.05, 4.69) is 16.4 Å². The van der Waals surface area contributed by atoms with Gasteiger partial charge in [-0.15, -0.1) is 0 Å². The van der Waals surface area contributed by atoms with Crippen LogP contribution in [0.4, 0.5) is 13.2 Å². The van der Waals surface area contributed by atoms with E-state index in [4.69, 9.17) is 17.5 Å². The highest BCUT2D eigenvalue weighted by atomic mass is 32.1. The van der Waals surface area contributed by atoms with Crippen LogP contribution < -0.4 is 5.32 Å². The number of hydrogen-bond donors (Lipinski definition) is 1. The minimum absolute atomic E-state index is 0.0408. The normalized spacial score (nSPS) is 11.1. The molecule has 0 amide bonds. The highest BCUT2D eigenvalue weighted by Gasteiger charge is 2.33. The second-order valence-electron chi connectivity index (χ2n) is 7.20. The third kappa shape index (κ3) is 5.86. The van der Waals surface area contributed by atoms with Crippen molar-refractivity contribution in [1.29, 1.82) is 5.26 Å².